The van der Waals surface area contributed by atoms with E-state index in [9.17, 15) is 0 Å². The van der Waals surface area contributed by atoms with Crippen LogP contribution >= 0.6 is 0 Å². The van der Waals surface area contributed by atoms with Crippen LogP contribution in [0.5, 0.6) is 0 Å². The van der Waals surface area contributed by atoms with E-state index in [1.54, 1.807) is 0 Å². The van der Waals surface area contributed by atoms with Gasteiger partial charge in [-0.3, -0.25) is 4.90 Å². The average Bonchev–Trinajstić information content (AvgIpc) is 3.05. The molecule has 1 rings (SSSR count). The number of likely N-dealkylation sites (N-methyl/N-ethyl adjacent to an activating group) is 2. The van der Waals surface area contributed by atoms with E-state index >= 15 is 0 Å². The zero-order chi connectivity index (χ0) is 12.8. The van der Waals surface area contributed by atoms with Crippen molar-refractivity contribution in [1.29, 1.82) is 0 Å². The van der Waals surface area contributed by atoms with Gasteiger partial charge >= 0.3 is 0 Å². The second kappa shape index (κ2) is 7.14. The number of rotatable bonds is 9. The summed E-state index contributed by atoms with van der Waals surface area (Å²) in [6, 6.07) is 1.37. The molecule has 3 heteroatoms. The molecule has 100 valence electrons. The molecule has 0 aromatic rings. The summed E-state index contributed by atoms with van der Waals surface area (Å²) in [6.45, 7) is 12.9. The van der Waals surface area contributed by atoms with E-state index in [0.29, 0.717) is 6.04 Å². The molecule has 0 heterocycles. The van der Waals surface area contributed by atoms with Crippen molar-refractivity contribution in [1.82, 2.24) is 15.1 Å². The minimum absolute atomic E-state index is 0.590. The van der Waals surface area contributed by atoms with Gasteiger partial charge in [-0.1, -0.05) is 13.5 Å². The molecular formula is C14H29N3. The normalized spacial score (nSPS) is 17.8. The van der Waals surface area contributed by atoms with Crippen LogP contribution in [0, 0.1) is 0 Å². The Morgan fingerprint density at radius 1 is 1.41 bits per heavy atom. The van der Waals surface area contributed by atoms with E-state index < -0.39 is 0 Å². The molecule has 17 heavy (non-hydrogen) atoms. The predicted molar refractivity (Wildman–Crippen MR) is 75.4 cm³/mol. The lowest BCUT2D eigenvalue weighted by Crippen LogP contribution is -2.41. The third kappa shape index (κ3) is 6.20. The van der Waals surface area contributed by atoms with E-state index in [0.717, 1.165) is 32.2 Å². The lowest BCUT2D eigenvalue weighted by atomic mass is 10.2. The molecule has 1 aliphatic carbocycles. The molecule has 0 aromatic heterocycles. The van der Waals surface area contributed by atoms with Crippen LogP contribution < -0.4 is 5.32 Å². The highest BCUT2D eigenvalue weighted by atomic mass is 15.2. The Morgan fingerprint density at radius 3 is 2.53 bits per heavy atom. The van der Waals surface area contributed by atoms with Crippen molar-refractivity contribution in [3.05, 3.63) is 12.2 Å². The summed E-state index contributed by atoms with van der Waals surface area (Å²) in [6.07, 6.45) is 2.70. The van der Waals surface area contributed by atoms with Crippen molar-refractivity contribution >= 4 is 0 Å². The highest BCUT2D eigenvalue weighted by Gasteiger charge is 2.20. The number of nitrogens with zero attached hydrogens (tertiary/aromatic N) is 2. The summed E-state index contributed by atoms with van der Waals surface area (Å²) in [7, 11) is 4.27. The smallest absolute Gasteiger partial charge is 0.0206 e. The summed E-state index contributed by atoms with van der Waals surface area (Å²) >= 11 is 0. The van der Waals surface area contributed by atoms with E-state index in [1.807, 2.05) is 0 Å². The van der Waals surface area contributed by atoms with Gasteiger partial charge in [0, 0.05) is 31.7 Å². The topological polar surface area (TPSA) is 18.5 Å². The monoisotopic (exact) mass is 239 g/mol. The van der Waals surface area contributed by atoms with Gasteiger partial charge in [-0.05, 0) is 46.0 Å². The zero-order valence-electron chi connectivity index (χ0n) is 12.0. The maximum Gasteiger partial charge on any atom is 0.0206 e. The summed E-state index contributed by atoms with van der Waals surface area (Å²) in [5, 5.41) is 3.53. The van der Waals surface area contributed by atoms with Crippen LogP contribution in [0.1, 0.15) is 26.7 Å². The average molecular weight is 239 g/mol. The van der Waals surface area contributed by atoms with Crippen LogP contribution in [0.25, 0.3) is 0 Å². The Hall–Kier alpha value is -0.380. The molecule has 0 bridgehead atoms. The molecule has 1 aliphatic rings. The molecule has 0 aromatic carbocycles. The first-order valence-corrected chi connectivity index (χ1v) is 6.81. The molecule has 0 radical (unpaired) electrons. The van der Waals surface area contributed by atoms with Crippen molar-refractivity contribution in [2.24, 2.45) is 0 Å². The van der Waals surface area contributed by atoms with E-state index in [4.69, 9.17) is 0 Å². The Morgan fingerprint density at radius 2 is 2.06 bits per heavy atom. The Labute approximate surface area is 107 Å². The summed E-state index contributed by atoms with van der Waals surface area (Å²) < 4.78 is 0. The molecule has 1 saturated carbocycles. The lowest BCUT2D eigenvalue weighted by molar-refractivity contribution is 0.194. The first-order valence-electron chi connectivity index (χ1n) is 6.81. The first kappa shape index (κ1) is 14.7. The van der Waals surface area contributed by atoms with Crippen molar-refractivity contribution in [3.63, 3.8) is 0 Å². The summed E-state index contributed by atoms with van der Waals surface area (Å²) in [5.41, 5.74) is 1.31. The van der Waals surface area contributed by atoms with Crippen molar-refractivity contribution in [2.45, 2.75) is 38.8 Å². The van der Waals surface area contributed by atoms with Crippen LogP contribution in [0.3, 0.4) is 0 Å². The van der Waals surface area contributed by atoms with Gasteiger partial charge in [0.05, 0.1) is 0 Å². The van der Waals surface area contributed by atoms with Crippen LogP contribution in [0.2, 0.25) is 0 Å². The Kier molecular flexibility index (Phi) is 6.17. The molecule has 0 aliphatic heterocycles. The van der Waals surface area contributed by atoms with Crippen molar-refractivity contribution in [3.8, 4) is 0 Å². The SMILES string of the molecule is C=C(CNC1CC1)CN(CC)C(C)CN(C)C. The van der Waals surface area contributed by atoms with Gasteiger partial charge in [0.15, 0.2) is 0 Å². The zero-order valence-corrected chi connectivity index (χ0v) is 12.0. The quantitative estimate of drug-likeness (QED) is 0.616. The molecule has 1 N–H and O–H groups in total. The second-order valence-corrected chi connectivity index (χ2v) is 5.58. The molecule has 1 atom stereocenters. The molecule has 0 saturated heterocycles. The molecule has 0 amide bonds. The molecule has 0 spiro atoms. The fourth-order valence-corrected chi connectivity index (χ4v) is 2.14. The van der Waals surface area contributed by atoms with Gasteiger partial charge in [-0.25, -0.2) is 0 Å². The predicted octanol–water partition coefficient (Wildman–Crippen LogP) is 1.57. The third-order valence-electron chi connectivity index (χ3n) is 3.30. The van der Waals surface area contributed by atoms with Gasteiger partial charge in [0.1, 0.15) is 0 Å². The van der Waals surface area contributed by atoms with Gasteiger partial charge in [0.25, 0.3) is 0 Å². The minimum atomic E-state index is 0.590. The summed E-state index contributed by atoms with van der Waals surface area (Å²) in [5.74, 6) is 0. The number of nitrogens with one attached hydrogen (secondary N) is 1. The molecule has 3 nitrogen and oxygen atoms in total. The van der Waals surface area contributed by atoms with E-state index in [2.05, 4.69) is 49.6 Å². The van der Waals surface area contributed by atoms with Crippen molar-refractivity contribution in [2.75, 3.05) is 40.3 Å². The highest BCUT2D eigenvalue weighted by Crippen LogP contribution is 2.18. The van der Waals surface area contributed by atoms with E-state index in [-0.39, 0.29) is 0 Å². The maximum atomic E-state index is 4.19. The second-order valence-electron chi connectivity index (χ2n) is 5.58. The maximum absolute atomic E-state index is 4.19. The van der Waals surface area contributed by atoms with Crippen LogP contribution in [-0.2, 0) is 0 Å². The minimum Gasteiger partial charge on any atom is -0.310 e. The number of hydrogen-bond acceptors (Lipinski definition) is 3. The largest absolute Gasteiger partial charge is 0.310 e. The standard InChI is InChI=1S/C14H29N3/c1-6-17(13(3)11-16(4)5)10-12(2)9-15-14-7-8-14/h13-15H,2,6-11H2,1,3-5H3. The first-order chi connectivity index (χ1) is 8.02. The van der Waals surface area contributed by atoms with Crippen LogP contribution in [-0.4, -0.2) is 62.2 Å². The van der Waals surface area contributed by atoms with Gasteiger partial charge in [-0.15, -0.1) is 0 Å². The Bertz CT molecular complexity index is 234. The van der Waals surface area contributed by atoms with Crippen LogP contribution in [0.4, 0.5) is 0 Å². The lowest BCUT2D eigenvalue weighted by Gasteiger charge is -2.30. The van der Waals surface area contributed by atoms with Gasteiger partial charge in [0.2, 0.25) is 0 Å². The Balaban J connectivity index is 2.25. The molecule has 1 fully saturated rings. The van der Waals surface area contributed by atoms with Gasteiger partial charge < -0.3 is 10.2 Å². The highest BCUT2D eigenvalue weighted by molar-refractivity contribution is 5.02. The van der Waals surface area contributed by atoms with E-state index in [1.165, 1.54) is 18.4 Å². The third-order valence-corrected chi connectivity index (χ3v) is 3.30. The summed E-state index contributed by atoms with van der Waals surface area (Å²) in [4.78, 5) is 4.75. The van der Waals surface area contributed by atoms with Gasteiger partial charge in [-0.2, -0.15) is 0 Å². The fraction of sp³-hybridized carbons (Fsp3) is 0.857. The molecular weight excluding hydrogens is 210 g/mol. The fourth-order valence-electron chi connectivity index (χ4n) is 2.14. The van der Waals surface area contributed by atoms with Crippen LogP contribution in [0.15, 0.2) is 12.2 Å². The number of hydrogen-bond donors (Lipinski definition) is 1. The van der Waals surface area contributed by atoms with Crippen molar-refractivity contribution < 1.29 is 0 Å². The molecule has 1 unspecified atom stereocenters.